The average Bonchev–Trinajstić information content (AvgIpc) is 2.31. The predicted molar refractivity (Wildman–Crippen MR) is 37.7 cm³/mol. The molecule has 2 N–H and O–H groups in total. The molecule has 0 amide bonds. The Balaban J connectivity index is 3.15. The molecule has 0 aliphatic carbocycles. The molecule has 1 aliphatic heterocycles. The largest absolute Gasteiger partial charge is 0.480 e. The molecular formula is C4H6N2O5S. The van der Waals surface area contributed by atoms with Gasteiger partial charge in [0.1, 0.15) is 0 Å². The highest BCUT2D eigenvalue weighted by Gasteiger charge is 2.58. The smallest absolute Gasteiger partial charge is 0.423 e. The van der Waals surface area contributed by atoms with E-state index in [2.05, 4.69) is 9.88 Å². The zero-order valence-corrected chi connectivity index (χ0v) is 6.65. The van der Waals surface area contributed by atoms with Crippen LogP contribution in [0.4, 0.5) is 0 Å². The van der Waals surface area contributed by atoms with Gasteiger partial charge in [-0.2, -0.15) is 0 Å². The van der Waals surface area contributed by atoms with Crippen molar-refractivity contribution in [2.24, 2.45) is 5.14 Å². The number of primary sulfonamides is 1. The summed E-state index contributed by atoms with van der Waals surface area (Å²) in [6.45, 7) is 0. The molecule has 0 fully saturated rings. The fourth-order valence-corrected chi connectivity index (χ4v) is 1.53. The first-order valence-corrected chi connectivity index (χ1v) is 4.44. The van der Waals surface area contributed by atoms with Gasteiger partial charge in [0, 0.05) is 0 Å². The molecular weight excluding hydrogens is 188 g/mol. The van der Waals surface area contributed by atoms with E-state index in [1.54, 1.807) is 0 Å². The molecule has 1 atom stereocenters. The Labute approximate surface area is 68.0 Å². The van der Waals surface area contributed by atoms with Crippen molar-refractivity contribution < 1.29 is 18.1 Å². The van der Waals surface area contributed by atoms with Crippen molar-refractivity contribution in [1.82, 2.24) is 0 Å². The predicted octanol–water partition coefficient (Wildman–Crippen LogP) is -0.861. The maximum atomic E-state index is 10.8. The minimum atomic E-state index is -4.35. The van der Waals surface area contributed by atoms with Gasteiger partial charge in [-0.25, -0.2) is 13.6 Å². The lowest BCUT2D eigenvalue weighted by Gasteiger charge is -2.15. The van der Waals surface area contributed by atoms with Crippen molar-refractivity contribution in [2.75, 3.05) is 0 Å². The summed E-state index contributed by atoms with van der Waals surface area (Å²) in [7, 11) is -4.35. The monoisotopic (exact) mass is 194 g/mol. The van der Waals surface area contributed by atoms with Gasteiger partial charge in [-0.05, 0) is 6.08 Å². The van der Waals surface area contributed by atoms with E-state index in [1.165, 1.54) is 6.08 Å². The van der Waals surface area contributed by atoms with Crippen molar-refractivity contribution >= 4 is 10.0 Å². The van der Waals surface area contributed by atoms with Crippen LogP contribution in [0, 0.1) is 10.1 Å². The molecule has 0 saturated heterocycles. The lowest BCUT2D eigenvalue weighted by molar-refractivity contribution is -0.586. The van der Waals surface area contributed by atoms with E-state index < -0.39 is 20.0 Å². The number of rotatable bonds is 2. The Bertz CT molecular complexity index is 323. The van der Waals surface area contributed by atoms with Crippen molar-refractivity contribution in [3.05, 3.63) is 22.5 Å². The lowest BCUT2D eigenvalue weighted by atomic mass is 10.4. The highest BCUT2D eigenvalue weighted by molar-refractivity contribution is 7.90. The van der Waals surface area contributed by atoms with Crippen LogP contribution in [0.2, 0.25) is 0 Å². The van der Waals surface area contributed by atoms with Gasteiger partial charge >= 0.3 is 15.1 Å². The molecule has 0 aromatic rings. The summed E-state index contributed by atoms with van der Waals surface area (Å²) in [6, 6.07) is 0. The van der Waals surface area contributed by atoms with Crippen molar-refractivity contribution in [2.45, 2.75) is 11.5 Å². The van der Waals surface area contributed by atoms with Crippen LogP contribution in [0.25, 0.3) is 0 Å². The number of ether oxygens (including phenoxy) is 1. The summed E-state index contributed by atoms with van der Waals surface area (Å²) in [6.07, 6.45) is 1.82. The van der Waals surface area contributed by atoms with Gasteiger partial charge in [0.05, 0.1) is 17.6 Å². The second-order valence-electron chi connectivity index (χ2n) is 2.21. The molecule has 0 spiro atoms. The first-order valence-electron chi connectivity index (χ1n) is 2.90. The van der Waals surface area contributed by atoms with Crippen LogP contribution in [0.5, 0.6) is 0 Å². The summed E-state index contributed by atoms with van der Waals surface area (Å²) >= 11 is 0. The lowest BCUT2D eigenvalue weighted by Crippen LogP contribution is -2.49. The van der Waals surface area contributed by atoms with Crippen molar-refractivity contribution in [1.29, 1.82) is 0 Å². The van der Waals surface area contributed by atoms with Crippen LogP contribution >= 0.6 is 0 Å². The normalized spacial score (nSPS) is 28.4. The number of nitro groups is 1. The molecule has 0 bridgehead atoms. The molecule has 8 heteroatoms. The molecule has 68 valence electrons. The molecule has 0 aromatic heterocycles. The molecule has 0 radical (unpaired) electrons. The van der Waals surface area contributed by atoms with Crippen LogP contribution in [0.3, 0.4) is 0 Å². The highest BCUT2D eigenvalue weighted by Crippen LogP contribution is 2.27. The molecule has 12 heavy (non-hydrogen) atoms. The maximum Gasteiger partial charge on any atom is 0.480 e. The SMILES string of the molecule is NS(=O)(=O)C1([N+](=O)[O-])CC=CO1. The van der Waals surface area contributed by atoms with Gasteiger partial charge in [0.2, 0.25) is 0 Å². The topological polar surface area (TPSA) is 113 Å². The number of hydrogen-bond donors (Lipinski definition) is 1. The Morgan fingerprint density at radius 2 is 2.25 bits per heavy atom. The minimum Gasteiger partial charge on any atom is -0.423 e. The van der Waals surface area contributed by atoms with Gasteiger partial charge in [-0.1, -0.05) is 0 Å². The van der Waals surface area contributed by atoms with Crippen LogP contribution < -0.4 is 5.14 Å². The summed E-state index contributed by atoms with van der Waals surface area (Å²) in [4.78, 5) is 9.30. The molecule has 0 aromatic carbocycles. The molecule has 7 nitrogen and oxygen atoms in total. The van der Waals surface area contributed by atoms with Crippen LogP contribution in [0.15, 0.2) is 12.3 Å². The van der Waals surface area contributed by atoms with Crippen LogP contribution in [-0.4, -0.2) is 18.4 Å². The third-order valence-electron chi connectivity index (χ3n) is 1.45. The Kier molecular flexibility index (Phi) is 1.80. The van der Waals surface area contributed by atoms with Crippen molar-refractivity contribution in [3.63, 3.8) is 0 Å². The van der Waals surface area contributed by atoms with E-state index in [0.29, 0.717) is 0 Å². The number of nitrogens with zero attached hydrogens (tertiary/aromatic N) is 1. The van der Waals surface area contributed by atoms with Crippen molar-refractivity contribution in [3.8, 4) is 0 Å². The van der Waals surface area contributed by atoms with Gasteiger partial charge in [0.15, 0.2) is 0 Å². The molecule has 0 saturated carbocycles. The second kappa shape index (κ2) is 2.42. The summed E-state index contributed by atoms with van der Waals surface area (Å²) in [5.74, 6) is 0. The first kappa shape index (κ1) is 8.94. The van der Waals surface area contributed by atoms with Crippen LogP contribution in [0.1, 0.15) is 6.42 Å². The Morgan fingerprint density at radius 1 is 1.67 bits per heavy atom. The number of nitrogens with two attached hydrogens (primary N) is 1. The van der Waals surface area contributed by atoms with E-state index in [1.807, 2.05) is 0 Å². The summed E-state index contributed by atoms with van der Waals surface area (Å²) in [5.41, 5.74) is 0. The van der Waals surface area contributed by atoms with Gasteiger partial charge in [-0.15, -0.1) is 0 Å². The highest BCUT2D eigenvalue weighted by atomic mass is 32.2. The van der Waals surface area contributed by atoms with Gasteiger partial charge in [-0.3, -0.25) is 10.1 Å². The average molecular weight is 194 g/mol. The van der Waals surface area contributed by atoms with Gasteiger partial charge < -0.3 is 4.74 Å². The standard InChI is InChI=1S/C4H6N2O5S/c5-12(9,10)4(6(7)8)2-1-3-11-4/h1,3H,2H2,(H2,5,9,10). The molecule has 1 aliphatic rings. The molecule has 1 rings (SSSR count). The Hall–Kier alpha value is -1.15. The third kappa shape index (κ3) is 1.04. The summed E-state index contributed by atoms with van der Waals surface area (Å²) in [5, 5.41) is 12.5. The zero-order chi connectivity index (χ0) is 9.41. The quantitative estimate of drug-likeness (QED) is 0.454. The molecule has 1 heterocycles. The van der Waals surface area contributed by atoms with E-state index in [4.69, 9.17) is 0 Å². The maximum absolute atomic E-state index is 10.8. The van der Waals surface area contributed by atoms with E-state index in [0.717, 1.165) is 6.26 Å². The second-order valence-corrected chi connectivity index (χ2v) is 3.94. The zero-order valence-electron chi connectivity index (χ0n) is 5.84. The van der Waals surface area contributed by atoms with E-state index in [9.17, 15) is 18.5 Å². The summed E-state index contributed by atoms with van der Waals surface area (Å²) < 4.78 is 25.9. The molecule has 1 unspecified atom stereocenters. The van der Waals surface area contributed by atoms with Gasteiger partial charge in [0.25, 0.3) is 0 Å². The fraction of sp³-hybridized carbons (Fsp3) is 0.500. The Morgan fingerprint density at radius 3 is 2.42 bits per heavy atom. The first-order chi connectivity index (χ1) is 5.40. The number of hydrogen-bond acceptors (Lipinski definition) is 5. The van der Waals surface area contributed by atoms with E-state index >= 15 is 0 Å². The van der Waals surface area contributed by atoms with E-state index in [-0.39, 0.29) is 6.42 Å². The fourth-order valence-electron chi connectivity index (χ4n) is 0.804. The van der Waals surface area contributed by atoms with Crippen LogP contribution in [-0.2, 0) is 14.8 Å². The third-order valence-corrected chi connectivity index (χ3v) is 2.75. The number of sulfonamides is 1. The minimum absolute atomic E-state index is 0.362.